The molecule has 0 aromatic carbocycles. The lowest BCUT2D eigenvalue weighted by Gasteiger charge is -2.27. The number of amides is 3. The Labute approximate surface area is 187 Å². The van der Waals surface area contributed by atoms with Gasteiger partial charge in [0, 0.05) is 0 Å². The number of hydrogen-bond donors (Lipinski definition) is 7. The van der Waals surface area contributed by atoms with Crippen molar-refractivity contribution in [2.75, 3.05) is 6.54 Å². The van der Waals surface area contributed by atoms with Crippen molar-refractivity contribution in [3.63, 3.8) is 0 Å². The molecule has 0 rings (SSSR count). The minimum absolute atomic E-state index is 0.219. The van der Waals surface area contributed by atoms with Gasteiger partial charge in [0.05, 0.1) is 12.5 Å². The first-order valence-corrected chi connectivity index (χ1v) is 10.6. The Morgan fingerprint density at radius 2 is 1.31 bits per heavy atom. The maximum Gasteiger partial charge on any atom is 0.326 e. The SMILES string of the molecule is CC(C)C(NC(=O)C(CCCCN)NC(=O)C(NC(=O)C(N)CC(=O)O)C(C)C)C(=O)O. The summed E-state index contributed by atoms with van der Waals surface area (Å²) in [6.07, 6.45) is 0.724. The van der Waals surface area contributed by atoms with Crippen LogP contribution in [0.4, 0.5) is 0 Å². The van der Waals surface area contributed by atoms with E-state index in [2.05, 4.69) is 16.0 Å². The van der Waals surface area contributed by atoms with Crippen molar-refractivity contribution in [2.24, 2.45) is 23.3 Å². The lowest BCUT2D eigenvalue weighted by molar-refractivity contribution is -0.143. The Morgan fingerprint density at radius 3 is 1.75 bits per heavy atom. The predicted molar refractivity (Wildman–Crippen MR) is 116 cm³/mol. The largest absolute Gasteiger partial charge is 0.481 e. The predicted octanol–water partition coefficient (Wildman–Crippen LogP) is -1.23. The molecule has 184 valence electrons. The third kappa shape index (κ3) is 10.5. The number of rotatable bonds is 15. The molecule has 0 aliphatic rings. The summed E-state index contributed by atoms with van der Waals surface area (Å²) in [5, 5.41) is 25.5. The highest BCUT2D eigenvalue weighted by atomic mass is 16.4. The van der Waals surface area contributed by atoms with Crippen molar-refractivity contribution in [2.45, 2.75) is 77.5 Å². The highest BCUT2D eigenvalue weighted by molar-refractivity contribution is 5.94. The lowest BCUT2D eigenvalue weighted by Crippen LogP contribution is -2.58. The third-order valence-corrected chi connectivity index (χ3v) is 4.79. The first-order valence-electron chi connectivity index (χ1n) is 10.6. The number of nitrogens with one attached hydrogen (secondary N) is 3. The zero-order chi connectivity index (χ0) is 25.0. The highest BCUT2D eigenvalue weighted by Crippen LogP contribution is 2.08. The van der Waals surface area contributed by atoms with Gasteiger partial charge in [0.25, 0.3) is 0 Å². The van der Waals surface area contributed by atoms with Crippen molar-refractivity contribution >= 4 is 29.7 Å². The third-order valence-electron chi connectivity index (χ3n) is 4.79. The van der Waals surface area contributed by atoms with E-state index in [0.29, 0.717) is 19.4 Å². The fourth-order valence-electron chi connectivity index (χ4n) is 2.87. The molecule has 0 aliphatic carbocycles. The quantitative estimate of drug-likeness (QED) is 0.146. The smallest absolute Gasteiger partial charge is 0.326 e. The number of aliphatic carboxylic acids is 2. The van der Waals surface area contributed by atoms with Crippen molar-refractivity contribution in [3.05, 3.63) is 0 Å². The Morgan fingerprint density at radius 1 is 0.781 bits per heavy atom. The molecule has 0 fully saturated rings. The van der Waals surface area contributed by atoms with Crippen LogP contribution in [0.5, 0.6) is 0 Å². The summed E-state index contributed by atoms with van der Waals surface area (Å²) in [4.78, 5) is 60.0. The van der Waals surface area contributed by atoms with Gasteiger partial charge in [-0.25, -0.2) is 4.79 Å². The molecule has 0 spiro atoms. The number of hydrogen-bond acceptors (Lipinski definition) is 7. The first kappa shape index (κ1) is 29.3. The summed E-state index contributed by atoms with van der Waals surface area (Å²) in [5.41, 5.74) is 11.0. The topological polar surface area (TPSA) is 214 Å². The number of carboxylic acids is 2. The lowest BCUT2D eigenvalue weighted by atomic mass is 10.00. The molecule has 0 heterocycles. The van der Waals surface area contributed by atoms with Crippen LogP contribution in [0.15, 0.2) is 0 Å². The molecule has 0 saturated carbocycles. The van der Waals surface area contributed by atoms with E-state index in [0.717, 1.165) is 0 Å². The molecule has 0 bridgehead atoms. The van der Waals surface area contributed by atoms with Gasteiger partial charge in [0.2, 0.25) is 17.7 Å². The average Bonchev–Trinajstić information content (AvgIpc) is 2.67. The van der Waals surface area contributed by atoms with E-state index in [-0.39, 0.29) is 12.3 Å². The summed E-state index contributed by atoms with van der Waals surface area (Å²) in [7, 11) is 0. The summed E-state index contributed by atoms with van der Waals surface area (Å²) >= 11 is 0. The summed E-state index contributed by atoms with van der Waals surface area (Å²) in [6, 6.07) is -4.59. The van der Waals surface area contributed by atoms with Gasteiger partial charge in [-0.05, 0) is 37.6 Å². The number of unbranched alkanes of at least 4 members (excludes halogenated alkanes) is 1. The van der Waals surface area contributed by atoms with Crippen LogP contribution in [0.25, 0.3) is 0 Å². The van der Waals surface area contributed by atoms with Gasteiger partial charge in [-0.15, -0.1) is 0 Å². The molecule has 0 aromatic rings. The second kappa shape index (κ2) is 14.4. The molecule has 0 radical (unpaired) electrons. The van der Waals surface area contributed by atoms with Crippen molar-refractivity contribution < 1.29 is 34.2 Å². The minimum Gasteiger partial charge on any atom is -0.481 e. The summed E-state index contributed by atoms with van der Waals surface area (Å²) in [5.74, 6) is -5.36. The van der Waals surface area contributed by atoms with E-state index >= 15 is 0 Å². The second-order valence-corrected chi connectivity index (χ2v) is 8.35. The van der Waals surface area contributed by atoms with Gasteiger partial charge < -0.3 is 37.6 Å². The molecule has 0 aromatic heterocycles. The van der Waals surface area contributed by atoms with Gasteiger partial charge in [0.1, 0.15) is 18.1 Å². The molecule has 9 N–H and O–H groups in total. The minimum atomic E-state index is -1.34. The summed E-state index contributed by atoms with van der Waals surface area (Å²) < 4.78 is 0. The van der Waals surface area contributed by atoms with E-state index in [1.54, 1.807) is 27.7 Å². The van der Waals surface area contributed by atoms with E-state index in [4.69, 9.17) is 16.6 Å². The Balaban J connectivity index is 5.43. The fourth-order valence-corrected chi connectivity index (χ4v) is 2.87. The van der Waals surface area contributed by atoms with Crippen LogP contribution in [0, 0.1) is 11.8 Å². The van der Waals surface area contributed by atoms with E-state index in [9.17, 15) is 29.1 Å². The number of nitrogens with two attached hydrogens (primary N) is 2. The maximum absolute atomic E-state index is 12.9. The van der Waals surface area contributed by atoms with Crippen LogP contribution in [0.2, 0.25) is 0 Å². The zero-order valence-corrected chi connectivity index (χ0v) is 19.1. The standard InChI is InChI=1S/C20H37N5O7/c1-10(2)15(24-17(28)12(22)9-14(26)27)19(30)23-13(7-5-6-8-21)18(29)25-16(11(3)4)20(31)32/h10-13,15-16H,5-9,21-22H2,1-4H3,(H,23,30)(H,24,28)(H,25,29)(H,26,27)(H,31,32). The maximum atomic E-state index is 12.9. The van der Waals surface area contributed by atoms with E-state index < -0.39 is 66.2 Å². The van der Waals surface area contributed by atoms with Crippen molar-refractivity contribution in [1.29, 1.82) is 0 Å². The molecule has 32 heavy (non-hydrogen) atoms. The Bertz CT molecular complexity index is 669. The Kier molecular flexibility index (Phi) is 13.1. The van der Waals surface area contributed by atoms with Crippen molar-refractivity contribution in [1.82, 2.24) is 16.0 Å². The van der Waals surface area contributed by atoms with Crippen LogP contribution in [0.3, 0.4) is 0 Å². The monoisotopic (exact) mass is 459 g/mol. The first-order chi connectivity index (χ1) is 14.8. The Hall–Kier alpha value is -2.73. The molecule has 4 unspecified atom stereocenters. The van der Waals surface area contributed by atoms with Gasteiger partial charge in [0.15, 0.2) is 0 Å². The number of carbonyl (C=O) groups excluding carboxylic acids is 3. The van der Waals surface area contributed by atoms with Gasteiger partial charge >= 0.3 is 11.9 Å². The molecule has 12 heteroatoms. The van der Waals surface area contributed by atoms with Crippen LogP contribution in [-0.4, -0.2) is 70.6 Å². The fraction of sp³-hybridized carbons (Fsp3) is 0.750. The molecular formula is C20H37N5O7. The molecular weight excluding hydrogens is 422 g/mol. The summed E-state index contributed by atoms with van der Waals surface area (Å²) in [6.45, 7) is 7.00. The average molecular weight is 460 g/mol. The van der Waals surface area contributed by atoms with E-state index in [1.165, 1.54) is 0 Å². The number of carbonyl (C=O) groups is 5. The van der Waals surface area contributed by atoms with E-state index in [1.807, 2.05) is 0 Å². The zero-order valence-electron chi connectivity index (χ0n) is 19.1. The second-order valence-electron chi connectivity index (χ2n) is 8.35. The van der Waals surface area contributed by atoms with Crippen LogP contribution < -0.4 is 27.4 Å². The molecule has 3 amide bonds. The normalized spacial score (nSPS) is 14.9. The highest BCUT2D eigenvalue weighted by Gasteiger charge is 2.32. The molecule has 0 aliphatic heterocycles. The molecule has 4 atom stereocenters. The van der Waals surface area contributed by atoms with Crippen LogP contribution in [0.1, 0.15) is 53.4 Å². The van der Waals surface area contributed by atoms with Crippen molar-refractivity contribution in [3.8, 4) is 0 Å². The van der Waals surface area contributed by atoms with Gasteiger partial charge in [-0.1, -0.05) is 27.7 Å². The van der Waals surface area contributed by atoms with Gasteiger partial charge in [-0.3, -0.25) is 19.2 Å². The van der Waals surface area contributed by atoms with Crippen LogP contribution in [-0.2, 0) is 24.0 Å². The number of carboxylic acid groups (broad SMARTS) is 2. The van der Waals surface area contributed by atoms with Gasteiger partial charge in [-0.2, -0.15) is 0 Å². The van der Waals surface area contributed by atoms with Crippen LogP contribution >= 0.6 is 0 Å². The molecule has 12 nitrogen and oxygen atoms in total. The molecule has 0 saturated heterocycles.